The highest BCUT2D eigenvalue weighted by Gasteiger charge is 2.07. The van der Waals surface area contributed by atoms with Gasteiger partial charge in [0.15, 0.2) is 5.96 Å². The van der Waals surface area contributed by atoms with Crippen molar-refractivity contribution in [2.24, 2.45) is 4.99 Å². The number of hydrogen-bond acceptors (Lipinski definition) is 4. The Balaban J connectivity index is 1.78. The van der Waals surface area contributed by atoms with Crippen LogP contribution in [0, 0.1) is 6.92 Å². The van der Waals surface area contributed by atoms with E-state index in [0.29, 0.717) is 36.4 Å². The molecule has 8 heteroatoms. The lowest BCUT2D eigenvalue weighted by Crippen LogP contribution is -2.33. The van der Waals surface area contributed by atoms with Gasteiger partial charge in [-0.05, 0) is 36.8 Å². The molecule has 162 valence electrons. The maximum atomic E-state index is 12.2. The lowest BCUT2D eigenvalue weighted by molar-refractivity contribution is -0.116. The van der Waals surface area contributed by atoms with E-state index in [2.05, 4.69) is 20.9 Å². The molecule has 2 rings (SSSR count). The standard InChI is InChI=1S/C22H29ClN4O3/c1-16-8-9-20(19(23)14-16)27-21(28)10-11-25-22(24-2)26-17-6-4-7-18(15-17)30-13-5-12-29-3/h4,6-9,14-15H,5,10-13H2,1-3H3,(H,27,28)(H2,24,25,26). The smallest absolute Gasteiger partial charge is 0.226 e. The number of anilines is 2. The van der Waals surface area contributed by atoms with Crippen molar-refractivity contribution in [1.29, 1.82) is 0 Å². The fraction of sp³-hybridized carbons (Fsp3) is 0.364. The molecule has 0 aromatic heterocycles. The number of benzene rings is 2. The van der Waals surface area contributed by atoms with Crippen molar-refractivity contribution in [2.45, 2.75) is 19.8 Å². The number of halogens is 1. The second-order valence-corrected chi connectivity index (χ2v) is 7.04. The molecular formula is C22H29ClN4O3. The molecule has 0 aliphatic rings. The molecule has 0 saturated heterocycles. The zero-order valence-corrected chi connectivity index (χ0v) is 18.4. The third kappa shape index (κ3) is 8.31. The molecule has 0 spiro atoms. The van der Waals surface area contributed by atoms with Gasteiger partial charge in [0.05, 0.1) is 17.3 Å². The molecule has 0 bridgehead atoms. The highest BCUT2D eigenvalue weighted by Crippen LogP contribution is 2.22. The van der Waals surface area contributed by atoms with Crippen molar-refractivity contribution in [3.63, 3.8) is 0 Å². The number of ether oxygens (including phenoxy) is 2. The summed E-state index contributed by atoms with van der Waals surface area (Å²) in [5, 5.41) is 9.66. The predicted octanol–water partition coefficient (Wildman–Crippen LogP) is 4.08. The van der Waals surface area contributed by atoms with E-state index in [9.17, 15) is 4.79 Å². The Bertz CT molecular complexity index is 858. The van der Waals surface area contributed by atoms with Crippen LogP contribution >= 0.6 is 11.6 Å². The molecule has 0 radical (unpaired) electrons. The first-order valence-electron chi connectivity index (χ1n) is 9.77. The van der Waals surface area contributed by atoms with Crippen LogP contribution in [0.5, 0.6) is 5.75 Å². The number of carbonyl (C=O) groups excluding carboxylic acids is 1. The second-order valence-electron chi connectivity index (χ2n) is 6.63. The molecule has 3 N–H and O–H groups in total. The van der Waals surface area contributed by atoms with E-state index in [1.54, 1.807) is 20.2 Å². The van der Waals surface area contributed by atoms with Gasteiger partial charge >= 0.3 is 0 Å². The van der Waals surface area contributed by atoms with E-state index in [-0.39, 0.29) is 12.3 Å². The van der Waals surface area contributed by atoms with Gasteiger partial charge in [0.1, 0.15) is 5.75 Å². The predicted molar refractivity (Wildman–Crippen MR) is 123 cm³/mol. The Hall–Kier alpha value is -2.77. The fourth-order valence-electron chi connectivity index (χ4n) is 2.60. The van der Waals surface area contributed by atoms with Crippen LogP contribution in [0.25, 0.3) is 0 Å². The number of rotatable bonds is 10. The van der Waals surface area contributed by atoms with Crippen LogP contribution in [0.2, 0.25) is 5.02 Å². The average molecular weight is 433 g/mol. The molecule has 0 fully saturated rings. The van der Waals surface area contributed by atoms with Gasteiger partial charge in [0, 0.05) is 51.9 Å². The Morgan fingerprint density at radius 1 is 1.13 bits per heavy atom. The average Bonchev–Trinajstić information content (AvgIpc) is 2.73. The van der Waals surface area contributed by atoms with Gasteiger partial charge in [-0.25, -0.2) is 0 Å². The molecule has 0 atom stereocenters. The van der Waals surface area contributed by atoms with Gasteiger partial charge in [-0.2, -0.15) is 0 Å². The highest BCUT2D eigenvalue weighted by atomic mass is 35.5. The summed E-state index contributed by atoms with van der Waals surface area (Å²) in [6.07, 6.45) is 1.10. The molecule has 0 aliphatic carbocycles. The van der Waals surface area contributed by atoms with Crippen molar-refractivity contribution in [3.8, 4) is 5.75 Å². The number of nitrogens with one attached hydrogen (secondary N) is 3. The molecule has 2 aromatic carbocycles. The number of hydrogen-bond donors (Lipinski definition) is 3. The number of amides is 1. The highest BCUT2D eigenvalue weighted by molar-refractivity contribution is 6.33. The lowest BCUT2D eigenvalue weighted by Gasteiger charge is -2.13. The minimum atomic E-state index is -0.129. The quantitative estimate of drug-likeness (QED) is 0.299. The number of nitrogens with zero attached hydrogens (tertiary/aromatic N) is 1. The van der Waals surface area contributed by atoms with Gasteiger partial charge < -0.3 is 25.4 Å². The molecular weight excluding hydrogens is 404 g/mol. The van der Waals surface area contributed by atoms with Crippen LogP contribution in [0.1, 0.15) is 18.4 Å². The Kier molecular flexibility index (Phi) is 9.97. The molecule has 0 unspecified atom stereocenters. The third-order valence-electron chi connectivity index (χ3n) is 4.13. The molecule has 0 heterocycles. The summed E-state index contributed by atoms with van der Waals surface area (Å²) in [6.45, 7) is 3.62. The number of guanidine groups is 1. The summed E-state index contributed by atoms with van der Waals surface area (Å²) in [4.78, 5) is 16.4. The number of carbonyl (C=O) groups is 1. The summed E-state index contributed by atoms with van der Waals surface area (Å²) in [5.74, 6) is 1.20. The van der Waals surface area contributed by atoms with E-state index in [4.69, 9.17) is 21.1 Å². The molecule has 30 heavy (non-hydrogen) atoms. The van der Waals surface area contributed by atoms with Crippen LogP contribution in [-0.4, -0.2) is 45.8 Å². The van der Waals surface area contributed by atoms with E-state index in [1.165, 1.54) is 0 Å². The summed E-state index contributed by atoms with van der Waals surface area (Å²) in [6, 6.07) is 13.1. The Morgan fingerprint density at radius 2 is 1.97 bits per heavy atom. The second kappa shape index (κ2) is 12.7. The van der Waals surface area contributed by atoms with E-state index < -0.39 is 0 Å². The van der Waals surface area contributed by atoms with Crippen molar-refractivity contribution in [1.82, 2.24) is 5.32 Å². The minimum Gasteiger partial charge on any atom is -0.493 e. The Labute approximate surface area is 182 Å². The largest absolute Gasteiger partial charge is 0.493 e. The summed E-state index contributed by atoms with van der Waals surface area (Å²) in [7, 11) is 3.34. The number of aryl methyl sites for hydroxylation is 1. The summed E-state index contributed by atoms with van der Waals surface area (Å²) in [5.41, 5.74) is 2.49. The van der Waals surface area contributed by atoms with Crippen LogP contribution < -0.4 is 20.7 Å². The fourth-order valence-corrected chi connectivity index (χ4v) is 2.88. The van der Waals surface area contributed by atoms with Crippen LogP contribution in [0.15, 0.2) is 47.5 Å². The first kappa shape index (κ1) is 23.5. The third-order valence-corrected chi connectivity index (χ3v) is 4.44. The van der Waals surface area contributed by atoms with Crippen molar-refractivity contribution in [3.05, 3.63) is 53.1 Å². The maximum absolute atomic E-state index is 12.2. The normalized spacial score (nSPS) is 11.1. The van der Waals surface area contributed by atoms with E-state index in [1.807, 2.05) is 43.3 Å². The number of aliphatic imine (C=N–C) groups is 1. The zero-order valence-electron chi connectivity index (χ0n) is 17.6. The van der Waals surface area contributed by atoms with Gasteiger partial charge in [-0.3, -0.25) is 9.79 Å². The molecule has 1 amide bonds. The van der Waals surface area contributed by atoms with E-state index in [0.717, 1.165) is 23.4 Å². The topological polar surface area (TPSA) is 84.0 Å². The van der Waals surface area contributed by atoms with Crippen molar-refractivity contribution < 1.29 is 14.3 Å². The molecule has 2 aromatic rings. The zero-order chi connectivity index (χ0) is 21.8. The van der Waals surface area contributed by atoms with Crippen LogP contribution in [0.3, 0.4) is 0 Å². The minimum absolute atomic E-state index is 0.129. The number of methoxy groups -OCH3 is 1. The SMILES string of the molecule is CN=C(NCCC(=O)Nc1ccc(C)cc1Cl)Nc1cccc(OCCCOC)c1. The maximum Gasteiger partial charge on any atom is 0.226 e. The van der Waals surface area contributed by atoms with Crippen molar-refractivity contribution in [2.75, 3.05) is 44.5 Å². The van der Waals surface area contributed by atoms with Gasteiger partial charge in [-0.1, -0.05) is 23.7 Å². The monoisotopic (exact) mass is 432 g/mol. The molecule has 0 saturated carbocycles. The van der Waals surface area contributed by atoms with Gasteiger partial charge in [0.2, 0.25) is 5.91 Å². The Morgan fingerprint density at radius 3 is 2.70 bits per heavy atom. The summed E-state index contributed by atoms with van der Waals surface area (Å²) < 4.78 is 10.7. The first-order chi connectivity index (χ1) is 14.5. The van der Waals surface area contributed by atoms with Gasteiger partial charge in [-0.15, -0.1) is 0 Å². The molecule has 0 aliphatic heterocycles. The lowest BCUT2D eigenvalue weighted by atomic mass is 10.2. The van der Waals surface area contributed by atoms with Crippen LogP contribution in [-0.2, 0) is 9.53 Å². The van der Waals surface area contributed by atoms with E-state index >= 15 is 0 Å². The first-order valence-corrected chi connectivity index (χ1v) is 10.1. The summed E-state index contributed by atoms with van der Waals surface area (Å²) >= 11 is 6.16. The molecule has 7 nitrogen and oxygen atoms in total. The van der Waals surface area contributed by atoms with Gasteiger partial charge in [0.25, 0.3) is 0 Å². The van der Waals surface area contributed by atoms with Crippen molar-refractivity contribution >= 4 is 34.8 Å². The van der Waals surface area contributed by atoms with Crippen LogP contribution in [0.4, 0.5) is 11.4 Å².